The van der Waals surface area contributed by atoms with Crippen LogP contribution in [0.5, 0.6) is 0 Å². The second-order valence-corrected chi connectivity index (χ2v) is 5.93. The Morgan fingerprint density at radius 2 is 1.89 bits per heavy atom. The first-order chi connectivity index (χ1) is 9.00. The summed E-state index contributed by atoms with van der Waals surface area (Å²) in [4.78, 5) is 23.4. The van der Waals surface area contributed by atoms with Crippen molar-refractivity contribution in [3.63, 3.8) is 0 Å². The molecular formula is C15H27NO3. The molecule has 0 saturated heterocycles. The van der Waals surface area contributed by atoms with E-state index < -0.39 is 11.4 Å². The largest absolute Gasteiger partial charge is 0.481 e. The van der Waals surface area contributed by atoms with E-state index >= 15 is 0 Å². The van der Waals surface area contributed by atoms with Gasteiger partial charge in [0.25, 0.3) is 0 Å². The summed E-state index contributed by atoms with van der Waals surface area (Å²) in [7, 11) is 0. The molecule has 0 aromatic heterocycles. The number of nitrogens with one attached hydrogen (secondary N) is 1. The molecule has 1 rings (SSSR count). The Balaban J connectivity index is 2.39. The summed E-state index contributed by atoms with van der Waals surface area (Å²) in [5, 5.41) is 12.3. The van der Waals surface area contributed by atoms with Gasteiger partial charge >= 0.3 is 5.97 Å². The van der Waals surface area contributed by atoms with Crippen molar-refractivity contribution in [1.29, 1.82) is 0 Å². The normalized spacial score (nSPS) is 19.1. The fourth-order valence-electron chi connectivity index (χ4n) is 2.92. The molecule has 19 heavy (non-hydrogen) atoms. The van der Waals surface area contributed by atoms with Crippen LogP contribution in [-0.2, 0) is 9.59 Å². The van der Waals surface area contributed by atoms with E-state index in [1.807, 2.05) is 6.92 Å². The van der Waals surface area contributed by atoms with Crippen molar-refractivity contribution in [1.82, 2.24) is 5.32 Å². The number of unbranched alkanes of at least 4 members (excludes halogenated alkanes) is 2. The van der Waals surface area contributed by atoms with Gasteiger partial charge in [-0.2, -0.15) is 0 Å². The van der Waals surface area contributed by atoms with E-state index in [9.17, 15) is 14.7 Å². The number of carbonyl (C=O) groups excluding carboxylic acids is 1. The van der Waals surface area contributed by atoms with Gasteiger partial charge < -0.3 is 10.4 Å². The van der Waals surface area contributed by atoms with Crippen molar-refractivity contribution >= 4 is 11.9 Å². The maximum atomic E-state index is 12.0. The first-order valence-electron chi connectivity index (χ1n) is 7.53. The Kier molecular flexibility index (Phi) is 6.32. The Morgan fingerprint density at radius 3 is 2.42 bits per heavy atom. The second kappa shape index (κ2) is 7.51. The molecule has 0 aromatic carbocycles. The lowest BCUT2D eigenvalue weighted by Gasteiger charge is -2.24. The molecule has 0 spiro atoms. The van der Waals surface area contributed by atoms with E-state index in [4.69, 9.17) is 0 Å². The Hall–Kier alpha value is -1.06. The van der Waals surface area contributed by atoms with E-state index in [1.165, 1.54) is 12.8 Å². The molecule has 4 nitrogen and oxygen atoms in total. The van der Waals surface area contributed by atoms with Gasteiger partial charge in [-0.05, 0) is 26.2 Å². The minimum Gasteiger partial charge on any atom is -0.481 e. The van der Waals surface area contributed by atoms with Crippen molar-refractivity contribution < 1.29 is 14.7 Å². The average Bonchev–Trinajstić information content (AvgIpc) is 2.79. The third-order valence-corrected chi connectivity index (χ3v) is 4.16. The van der Waals surface area contributed by atoms with Gasteiger partial charge in [-0.15, -0.1) is 0 Å². The van der Waals surface area contributed by atoms with Gasteiger partial charge in [0.2, 0.25) is 5.91 Å². The van der Waals surface area contributed by atoms with Gasteiger partial charge in [0.05, 0.1) is 5.41 Å². The van der Waals surface area contributed by atoms with Crippen LogP contribution < -0.4 is 5.32 Å². The minimum absolute atomic E-state index is 0.103. The molecule has 2 N–H and O–H groups in total. The molecule has 1 aliphatic carbocycles. The summed E-state index contributed by atoms with van der Waals surface area (Å²) in [6.45, 7) is 4.15. The van der Waals surface area contributed by atoms with Crippen LogP contribution in [0.15, 0.2) is 0 Å². The van der Waals surface area contributed by atoms with Crippen LogP contribution in [0.3, 0.4) is 0 Å². The average molecular weight is 269 g/mol. The van der Waals surface area contributed by atoms with Gasteiger partial charge in [-0.1, -0.05) is 39.0 Å². The van der Waals surface area contributed by atoms with Crippen molar-refractivity contribution in [3.8, 4) is 0 Å². The smallest absolute Gasteiger partial charge is 0.310 e. The highest BCUT2D eigenvalue weighted by Crippen LogP contribution is 2.41. The van der Waals surface area contributed by atoms with E-state index in [2.05, 4.69) is 12.2 Å². The maximum Gasteiger partial charge on any atom is 0.310 e. The van der Waals surface area contributed by atoms with Gasteiger partial charge in [0.1, 0.15) is 0 Å². The lowest BCUT2D eigenvalue weighted by atomic mass is 9.82. The minimum atomic E-state index is -0.807. The number of aliphatic carboxylic acids is 1. The highest BCUT2D eigenvalue weighted by atomic mass is 16.4. The van der Waals surface area contributed by atoms with Crippen LogP contribution in [0.4, 0.5) is 0 Å². The van der Waals surface area contributed by atoms with E-state index in [0.29, 0.717) is 12.8 Å². The fraction of sp³-hybridized carbons (Fsp3) is 0.867. The lowest BCUT2D eigenvalue weighted by Crippen LogP contribution is -2.39. The zero-order valence-electron chi connectivity index (χ0n) is 12.2. The summed E-state index contributed by atoms with van der Waals surface area (Å²) in [5.41, 5.74) is -0.798. The molecule has 0 aromatic rings. The standard InChI is InChI=1S/C15H27NO3/c1-3-4-5-8-12(2)16-13(17)11-15(14(18)19)9-6-7-10-15/h12H,3-11H2,1-2H3,(H,16,17)(H,18,19). The van der Waals surface area contributed by atoms with Gasteiger partial charge in [0.15, 0.2) is 0 Å². The number of rotatable bonds is 8. The first-order valence-corrected chi connectivity index (χ1v) is 7.53. The quantitative estimate of drug-likeness (QED) is 0.665. The van der Waals surface area contributed by atoms with Crippen molar-refractivity contribution in [3.05, 3.63) is 0 Å². The van der Waals surface area contributed by atoms with Crippen LogP contribution in [0.2, 0.25) is 0 Å². The molecule has 4 heteroatoms. The summed E-state index contributed by atoms with van der Waals surface area (Å²) in [6, 6.07) is 0.145. The van der Waals surface area contributed by atoms with Crippen LogP contribution in [0.1, 0.15) is 71.6 Å². The Bertz CT molecular complexity index is 309. The first kappa shape index (κ1) is 16.0. The lowest BCUT2D eigenvalue weighted by molar-refractivity contribution is -0.151. The monoisotopic (exact) mass is 269 g/mol. The SMILES string of the molecule is CCCCCC(C)NC(=O)CC1(C(=O)O)CCCC1. The molecule has 1 amide bonds. The molecule has 1 atom stereocenters. The molecule has 1 unspecified atom stereocenters. The molecule has 110 valence electrons. The number of carboxylic acid groups (broad SMARTS) is 1. The van der Waals surface area contributed by atoms with Crippen molar-refractivity contribution in [2.24, 2.45) is 5.41 Å². The van der Waals surface area contributed by atoms with E-state index in [0.717, 1.165) is 25.7 Å². The van der Waals surface area contributed by atoms with E-state index in [1.54, 1.807) is 0 Å². The van der Waals surface area contributed by atoms with Crippen LogP contribution in [0.25, 0.3) is 0 Å². The van der Waals surface area contributed by atoms with Crippen LogP contribution in [-0.4, -0.2) is 23.0 Å². The summed E-state index contributed by atoms with van der Waals surface area (Å²) < 4.78 is 0. The second-order valence-electron chi connectivity index (χ2n) is 5.93. The zero-order chi connectivity index (χ0) is 14.3. The number of hydrogen-bond acceptors (Lipinski definition) is 2. The number of hydrogen-bond donors (Lipinski definition) is 2. The molecule has 0 radical (unpaired) electrons. The maximum absolute atomic E-state index is 12.0. The van der Waals surface area contributed by atoms with Crippen molar-refractivity contribution in [2.45, 2.75) is 77.7 Å². The molecule has 0 heterocycles. The molecule has 0 aliphatic heterocycles. The van der Waals surface area contributed by atoms with Gasteiger partial charge in [0, 0.05) is 12.5 Å². The zero-order valence-corrected chi connectivity index (χ0v) is 12.2. The third kappa shape index (κ3) is 4.84. The highest BCUT2D eigenvalue weighted by Gasteiger charge is 2.42. The molecule has 1 aliphatic rings. The number of carboxylic acids is 1. The molecular weight excluding hydrogens is 242 g/mol. The Morgan fingerprint density at radius 1 is 1.26 bits per heavy atom. The van der Waals surface area contributed by atoms with Gasteiger partial charge in [-0.25, -0.2) is 0 Å². The van der Waals surface area contributed by atoms with Crippen molar-refractivity contribution in [2.75, 3.05) is 0 Å². The number of amides is 1. The van der Waals surface area contributed by atoms with Crippen LogP contribution >= 0.6 is 0 Å². The predicted molar refractivity (Wildman–Crippen MR) is 74.9 cm³/mol. The molecule has 1 fully saturated rings. The summed E-state index contributed by atoms with van der Waals surface area (Å²) in [6.07, 6.45) is 7.70. The molecule has 1 saturated carbocycles. The third-order valence-electron chi connectivity index (χ3n) is 4.16. The molecule has 0 bridgehead atoms. The predicted octanol–water partition coefficient (Wildman–Crippen LogP) is 3.11. The highest BCUT2D eigenvalue weighted by molar-refractivity contribution is 5.85. The van der Waals surface area contributed by atoms with Gasteiger partial charge in [-0.3, -0.25) is 9.59 Å². The Labute approximate surface area is 116 Å². The summed E-state index contributed by atoms with van der Waals surface area (Å²) >= 11 is 0. The number of carbonyl (C=O) groups is 2. The topological polar surface area (TPSA) is 66.4 Å². The van der Waals surface area contributed by atoms with Crippen LogP contribution in [0, 0.1) is 5.41 Å². The van der Waals surface area contributed by atoms with E-state index in [-0.39, 0.29) is 18.4 Å². The fourth-order valence-corrected chi connectivity index (χ4v) is 2.92. The summed E-state index contributed by atoms with van der Waals surface area (Å²) in [5.74, 6) is -0.910.